The maximum Gasteiger partial charge on any atom is 0.137 e. The SMILES string of the molecule is CCOc1cncc(C(O)C(C)COC)c1. The zero-order valence-corrected chi connectivity index (χ0v) is 10.0. The van der Waals surface area contributed by atoms with Gasteiger partial charge in [0.05, 0.1) is 25.5 Å². The molecule has 4 nitrogen and oxygen atoms in total. The molecule has 0 aliphatic rings. The van der Waals surface area contributed by atoms with Crippen molar-refractivity contribution in [1.29, 1.82) is 0 Å². The van der Waals surface area contributed by atoms with Gasteiger partial charge in [-0.2, -0.15) is 0 Å². The second-order valence-electron chi connectivity index (χ2n) is 3.76. The fourth-order valence-corrected chi connectivity index (χ4v) is 1.53. The Balaban J connectivity index is 2.74. The van der Waals surface area contributed by atoms with Crippen molar-refractivity contribution in [3.05, 3.63) is 24.0 Å². The van der Waals surface area contributed by atoms with Crippen LogP contribution in [0, 0.1) is 5.92 Å². The van der Waals surface area contributed by atoms with Gasteiger partial charge in [0.25, 0.3) is 0 Å². The number of aliphatic hydroxyl groups is 1. The fourth-order valence-electron chi connectivity index (χ4n) is 1.53. The lowest BCUT2D eigenvalue weighted by molar-refractivity contribution is 0.0563. The molecule has 0 aromatic carbocycles. The molecule has 0 saturated heterocycles. The minimum absolute atomic E-state index is 0.0312. The van der Waals surface area contributed by atoms with E-state index >= 15 is 0 Å². The lowest BCUT2D eigenvalue weighted by Crippen LogP contribution is -2.14. The first kappa shape index (κ1) is 12.9. The monoisotopic (exact) mass is 225 g/mol. The summed E-state index contributed by atoms with van der Waals surface area (Å²) in [6, 6.07) is 1.81. The Labute approximate surface area is 96.2 Å². The summed E-state index contributed by atoms with van der Waals surface area (Å²) in [5, 5.41) is 10.0. The third-order valence-corrected chi connectivity index (χ3v) is 2.36. The van der Waals surface area contributed by atoms with Crippen LogP contribution in [0.2, 0.25) is 0 Å². The molecule has 0 amide bonds. The first-order valence-electron chi connectivity index (χ1n) is 5.43. The maximum absolute atomic E-state index is 10.0. The zero-order valence-electron chi connectivity index (χ0n) is 10.0. The van der Waals surface area contributed by atoms with Gasteiger partial charge in [-0.1, -0.05) is 6.92 Å². The molecule has 0 aliphatic carbocycles. The number of hydrogen-bond acceptors (Lipinski definition) is 4. The Kier molecular flexibility index (Phi) is 5.22. The van der Waals surface area contributed by atoms with Crippen LogP contribution in [0.15, 0.2) is 18.5 Å². The molecule has 4 heteroatoms. The summed E-state index contributed by atoms with van der Waals surface area (Å²) in [7, 11) is 1.62. The average Bonchev–Trinajstić information content (AvgIpc) is 2.29. The minimum Gasteiger partial charge on any atom is -0.492 e. The molecule has 0 saturated carbocycles. The zero-order chi connectivity index (χ0) is 12.0. The number of pyridine rings is 1. The van der Waals surface area contributed by atoms with Crippen molar-refractivity contribution in [3.8, 4) is 5.75 Å². The Morgan fingerprint density at radius 3 is 2.81 bits per heavy atom. The van der Waals surface area contributed by atoms with E-state index in [0.29, 0.717) is 19.0 Å². The number of aromatic nitrogens is 1. The highest BCUT2D eigenvalue weighted by Gasteiger charge is 2.17. The molecule has 1 N–H and O–H groups in total. The van der Waals surface area contributed by atoms with Gasteiger partial charge in [-0.25, -0.2) is 0 Å². The second-order valence-corrected chi connectivity index (χ2v) is 3.76. The Bertz CT molecular complexity index is 317. The highest BCUT2D eigenvalue weighted by atomic mass is 16.5. The lowest BCUT2D eigenvalue weighted by Gasteiger charge is -2.18. The van der Waals surface area contributed by atoms with Gasteiger partial charge in [-0.15, -0.1) is 0 Å². The summed E-state index contributed by atoms with van der Waals surface area (Å²) >= 11 is 0. The van der Waals surface area contributed by atoms with E-state index in [1.165, 1.54) is 0 Å². The van der Waals surface area contributed by atoms with Gasteiger partial charge in [0.1, 0.15) is 5.75 Å². The van der Waals surface area contributed by atoms with Crippen LogP contribution in [0.4, 0.5) is 0 Å². The van der Waals surface area contributed by atoms with E-state index in [-0.39, 0.29) is 5.92 Å². The maximum atomic E-state index is 10.0. The van der Waals surface area contributed by atoms with Gasteiger partial charge in [0.15, 0.2) is 0 Å². The van der Waals surface area contributed by atoms with E-state index in [4.69, 9.17) is 9.47 Å². The van der Waals surface area contributed by atoms with Crippen molar-refractivity contribution in [2.24, 2.45) is 5.92 Å². The van der Waals surface area contributed by atoms with Crippen molar-refractivity contribution in [2.45, 2.75) is 20.0 Å². The molecule has 90 valence electrons. The molecule has 1 heterocycles. The van der Waals surface area contributed by atoms with Crippen LogP contribution in [-0.4, -0.2) is 30.4 Å². The van der Waals surface area contributed by atoms with Crippen LogP contribution in [0.1, 0.15) is 25.5 Å². The van der Waals surface area contributed by atoms with Crippen molar-refractivity contribution in [2.75, 3.05) is 20.3 Å². The summed E-state index contributed by atoms with van der Waals surface area (Å²) in [6.07, 6.45) is 2.72. The highest BCUT2D eigenvalue weighted by molar-refractivity contribution is 5.25. The molecule has 0 spiro atoms. The molecule has 0 aliphatic heterocycles. The second kappa shape index (κ2) is 6.45. The van der Waals surface area contributed by atoms with Gasteiger partial charge in [-0.05, 0) is 13.0 Å². The van der Waals surface area contributed by atoms with Gasteiger partial charge in [0.2, 0.25) is 0 Å². The number of rotatable bonds is 6. The fraction of sp³-hybridized carbons (Fsp3) is 0.583. The quantitative estimate of drug-likeness (QED) is 0.802. The highest BCUT2D eigenvalue weighted by Crippen LogP contribution is 2.24. The summed E-state index contributed by atoms with van der Waals surface area (Å²) in [5.41, 5.74) is 0.760. The summed E-state index contributed by atoms with van der Waals surface area (Å²) in [5.74, 6) is 0.715. The molecule has 1 aromatic rings. The third kappa shape index (κ3) is 3.47. The van der Waals surface area contributed by atoms with E-state index < -0.39 is 6.10 Å². The number of ether oxygens (including phenoxy) is 2. The molecule has 1 aromatic heterocycles. The van der Waals surface area contributed by atoms with Gasteiger partial charge in [-0.3, -0.25) is 4.98 Å². The molecule has 16 heavy (non-hydrogen) atoms. The first-order valence-corrected chi connectivity index (χ1v) is 5.43. The topological polar surface area (TPSA) is 51.6 Å². The van der Waals surface area contributed by atoms with Gasteiger partial charge in [0, 0.05) is 24.8 Å². The number of hydrogen-bond donors (Lipinski definition) is 1. The molecule has 0 radical (unpaired) electrons. The molecule has 2 unspecified atom stereocenters. The van der Waals surface area contributed by atoms with Crippen LogP contribution in [0.3, 0.4) is 0 Å². The standard InChI is InChI=1S/C12H19NO3/c1-4-16-11-5-10(6-13-7-11)12(14)9(2)8-15-3/h5-7,9,12,14H,4,8H2,1-3H3. The van der Waals surface area contributed by atoms with Gasteiger partial charge >= 0.3 is 0 Å². The van der Waals surface area contributed by atoms with Crippen LogP contribution in [0.25, 0.3) is 0 Å². The van der Waals surface area contributed by atoms with Gasteiger partial charge < -0.3 is 14.6 Å². The van der Waals surface area contributed by atoms with E-state index in [9.17, 15) is 5.11 Å². The van der Waals surface area contributed by atoms with Crippen LogP contribution in [-0.2, 0) is 4.74 Å². The van der Waals surface area contributed by atoms with E-state index in [0.717, 1.165) is 5.56 Å². The first-order chi connectivity index (χ1) is 7.69. The van der Waals surface area contributed by atoms with Crippen LogP contribution in [0.5, 0.6) is 5.75 Å². The number of aliphatic hydroxyl groups excluding tert-OH is 1. The van der Waals surface area contributed by atoms with Crippen molar-refractivity contribution >= 4 is 0 Å². The Hall–Kier alpha value is -1.13. The van der Waals surface area contributed by atoms with Crippen molar-refractivity contribution < 1.29 is 14.6 Å². The lowest BCUT2D eigenvalue weighted by atomic mass is 9.99. The average molecular weight is 225 g/mol. The predicted molar refractivity (Wildman–Crippen MR) is 61.4 cm³/mol. The van der Waals surface area contributed by atoms with Crippen LogP contribution >= 0.6 is 0 Å². The normalized spacial score (nSPS) is 14.5. The minimum atomic E-state index is -0.576. The van der Waals surface area contributed by atoms with Crippen molar-refractivity contribution in [3.63, 3.8) is 0 Å². The largest absolute Gasteiger partial charge is 0.492 e. The third-order valence-electron chi connectivity index (χ3n) is 2.36. The number of nitrogens with zero attached hydrogens (tertiary/aromatic N) is 1. The molecule has 0 fully saturated rings. The smallest absolute Gasteiger partial charge is 0.137 e. The summed E-state index contributed by atoms with van der Waals surface area (Å²) < 4.78 is 10.3. The molecule has 2 atom stereocenters. The number of methoxy groups -OCH3 is 1. The van der Waals surface area contributed by atoms with E-state index in [1.807, 2.05) is 19.9 Å². The van der Waals surface area contributed by atoms with Crippen molar-refractivity contribution in [1.82, 2.24) is 4.98 Å². The molecular formula is C12H19NO3. The van der Waals surface area contributed by atoms with Crippen LogP contribution < -0.4 is 4.74 Å². The Morgan fingerprint density at radius 1 is 1.44 bits per heavy atom. The molecule has 1 rings (SSSR count). The molecular weight excluding hydrogens is 206 g/mol. The van der Waals surface area contributed by atoms with E-state index in [2.05, 4.69) is 4.98 Å². The summed E-state index contributed by atoms with van der Waals surface area (Å²) in [4.78, 5) is 4.04. The summed E-state index contributed by atoms with van der Waals surface area (Å²) in [6.45, 7) is 4.95. The molecule has 0 bridgehead atoms. The predicted octanol–water partition coefficient (Wildman–Crippen LogP) is 1.80. The van der Waals surface area contributed by atoms with E-state index in [1.54, 1.807) is 19.5 Å². The Morgan fingerprint density at radius 2 is 2.19 bits per heavy atom.